The van der Waals surface area contributed by atoms with E-state index in [1.807, 2.05) is 0 Å². The Morgan fingerprint density at radius 1 is 1.33 bits per heavy atom. The van der Waals surface area contributed by atoms with Gasteiger partial charge in [0.2, 0.25) is 0 Å². The summed E-state index contributed by atoms with van der Waals surface area (Å²) in [5.74, 6) is -0.519. The molecule has 1 atom stereocenters. The third-order valence-corrected chi connectivity index (χ3v) is 3.35. The molecule has 0 amide bonds. The first-order chi connectivity index (χ1) is 7.17. The van der Waals surface area contributed by atoms with E-state index in [0.717, 1.165) is 24.2 Å². The normalized spacial score (nSPS) is 12.8. The molecule has 0 saturated heterocycles. The molecule has 0 aliphatic rings. The average molecular weight is 277 g/mol. The van der Waals surface area contributed by atoms with Crippen molar-refractivity contribution in [3.05, 3.63) is 35.4 Å². The summed E-state index contributed by atoms with van der Waals surface area (Å²) in [4.78, 5) is 0. The quantitative estimate of drug-likeness (QED) is 0.703. The van der Waals surface area contributed by atoms with Crippen LogP contribution in [0.5, 0.6) is 0 Å². The van der Waals surface area contributed by atoms with Gasteiger partial charge in [0.25, 0.3) is 0 Å². The van der Waals surface area contributed by atoms with Crippen molar-refractivity contribution < 1.29 is 8.78 Å². The zero-order valence-electron chi connectivity index (χ0n) is 8.77. The monoisotopic (exact) mass is 276 g/mol. The first-order valence-corrected chi connectivity index (χ1v) is 6.29. The van der Waals surface area contributed by atoms with Crippen LogP contribution >= 0.6 is 15.9 Å². The van der Waals surface area contributed by atoms with Crippen molar-refractivity contribution in [1.29, 1.82) is 0 Å². The van der Waals surface area contributed by atoms with Gasteiger partial charge in [-0.1, -0.05) is 35.3 Å². The van der Waals surface area contributed by atoms with Gasteiger partial charge in [0.1, 0.15) is 11.6 Å². The van der Waals surface area contributed by atoms with Gasteiger partial charge >= 0.3 is 0 Å². The highest BCUT2D eigenvalue weighted by Gasteiger charge is 2.11. The molecule has 1 aromatic carbocycles. The number of alkyl halides is 1. The Bertz CT molecular complexity index is 312. The molecule has 0 aliphatic carbocycles. The number of benzene rings is 1. The summed E-state index contributed by atoms with van der Waals surface area (Å²) < 4.78 is 26.0. The van der Waals surface area contributed by atoms with Gasteiger partial charge in [-0.15, -0.1) is 0 Å². The Hall–Kier alpha value is -0.440. The summed E-state index contributed by atoms with van der Waals surface area (Å²) >= 11 is 3.42. The molecule has 0 N–H and O–H groups in total. The highest BCUT2D eigenvalue weighted by atomic mass is 79.9. The first kappa shape index (κ1) is 12.6. The second-order valence-corrected chi connectivity index (χ2v) is 4.40. The molecule has 0 heterocycles. The van der Waals surface area contributed by atoms with Gasteiger partial charge in [-0.05, 0) is 30.4 Å². The minimum absolute atomic E-state index is 0.426. The summed E-state index contributed by atoms with van der Waals surface area (Å²) in [6, 6.07) is 3.80. The summed E-state index contributed by atoms with van der Waals surface area (Å²) in [5, 5.41) is 0.859. The van der Waals surface area contributed by atoms with Gasteiger partial charge in [0, 0.05) is 11.4 Å². The van der Waals surface area contributed by atoms with Crippen molar-refractivity contribution >= 4 is 15.9 Å². The highest BCUT2D eigenvalue weighted by molar-refractivity contribution is 9.09. The van der Waals surface area contributed by atoms with Crippen molar-refractivity contribution in [1.82, 2.24) is 0 Å². The lowest BCUT2D eigenvalue weighted by Crippen LogP contribution is -2.07. The molecule has 1 unspecified atom stereocenters. The van der Waals surface area contributed by atoms with E-state index in [1.165, 1.54) is 12.1 Å². The Labute approximate surface area is 97.8 Å². The van der Waals surface area contributed by atoms with Crippen LogP contribution in [0.3, 0.4) is 0 Å². The summed E-state index contributed by atoms with van der Waals surface area (Å²) in [6.45, 7) is 2.11. The minimum atomic E-state index is -0.512. The van der Waals surface area contributed by atoms with Crippen LogP contribution in [0.4, 0.5) is 8.78 Å². The number of hydrogen-bond acceptors (Lipinski definition) is 0. The van der Waals surface area contributed by atoms with Crippen molar-refractivity contribution in [2.75, 3.05) is 5.33 Å². The van der Waals surface area contributed by atoms with Crippen LogP contribution < -0.4 is 0 Å². The zero-order chi connectivity index (χ0) is 11.3. The van der Waals surface area contributed by atoms with Crippen LogP contribution in [0.1, 0.15) is 25.3 Å². The van der Waals surface area contributed by atoms with Crippen LogP contribution in [0, 0.1) is 17.6 Å². The van der Waals surface area contributed by atoms with Crippen LogP contribution in [-0.2, 0) is 6.42 Å². The fourth-order valence-electron chi connectivity index (χ4n) is 1.64. The molecule has 0 aliphatic heterocycles. The molecule has 0 nitrogen and oxygen atoms in total. The lowest BCUT2D eigenvalue weighted by molar-refractivity contribution is 0.508. The number of rotatable bonds is 5. The molecule has 0 fully saturated rings. The Kier molecular flexibility index (Phi) is 5.23. The first-order valence-electron chi connectivity index (χ1n) is 5.17. The average Bonchev–Trinajstić information content (AvgIpc) is 2.21. The van der Waals surface area contributed by atoms with Gasteiger partial charge in [0.15, 0.2) is 0 Å². The molecule has 0 spiro atoms. The topological polar surface area (TPSA) is 0 Å². The van der Waals surface area contributed by atoms with Crippen LogP contribution in [0.2, 0.25) is 0 Å². The maximum atomic E-state index is 13.3. The third kappa shape index (κ3) is 3.90. The van der Waals surface area contributed by atoms with E-state index >= 15 is 0 Å². The Morgan fingerprint density at radius 3 is 2.60 bits per heavy atom. The summed E-state index contributed by atoms with van der Waals surface area (Å²) in [7, 11) is 0. The highest BCUT2D eigenvalue weighted by Crippen LogP contribution is 2.19. The molecule has 0 radical (unpaired) electrons. The SMILES string of the molecule is CCCC(CBr)Cc1ccc(F)cc1F. The van der Waals surface area contributed by atoms with Crippen LogP contribution in [-0.4, -0.2) is 5.33 Å². The Balaban J connectivity index is 2.70. The van der Waals surface area contributed by atoms with E-state index in [9.17, 15) is 8.78 Å². The van der Waals surface area contributed by atoms with E-state index in [-0.39, 0.29) is 0 Å². The molecular weight excluding hydrogens is 262 g/mol. The minimum Gasteiger partial charge on any atom is -0.207 e. The van der Waals surface area contributed by atoms with Gasteiger partial charge in [-0.3, -0.25) is 0 Å². The molecule has 15 heavy (non-hydrogen) atoms. The standard InChI is InChI=1S/C12H15BrF2/c1-2-3-9(8-13)6-10-4-5-11(14)7-12(10)15/h4-5,7,9H,2-3,6,8H2,1H3. The molecule has 1 rings (SSSR count). The fraction of sp³-hybridized carbons (Fsp3) is 0.500. The van der Waals surface area contributed by atoms with Crippen molar-refractivity contribution in [2.45, 2.75) is 26.2 Å². The maximum Gasteiger partial charge on any atom is 0.129 e. The lowest BCUT2D eigenvalue weighted by atomic mass is 9.96. The van der Waals surface area contributed by atoms with Crippen molar-refractivity contribution in [3.63, 3.8) is 0 Å². The predicted molar refractivity (Wildman–Crippen MR) is 62.3 cm³/mol. The molecule has 0 saturated carbocycles. The smallest absolute Gasteiger partial charge is 0.129 e. The van der Waals surface area contributed by atoms with Crippen molar-refractivity contribution in [2.24, 2.45) is 5.92 Å². The van der Waals surface area contributed by atoms with E-state index in [2.05, 4.69) is 22.9 Å². The lowest BCUT2D eigenvalue weighted by Gasteiger charge is -2.13. The van der Waals surface area contributed by atoms with E-state index < -0.39 is 11.6 Å². The molecule has 3 heteroatoms. The largest absolute Gasteiger partial charge is 0.207 e. The molecule has 0 bridgehead atoms. The van der Waals surface area contributed by atoms with Gasteiger partial charge in [-0.2, -0.15) is 0 Å². The maximum absolute atomic E-state index is 13.3. The van der Waals surface area contributed by atoms with Crippen LogP contribution in [0.15, 0.2) is 18.2 Å². The fourth-order valence-corrected chi connectivity index (χ4v) is 2.19. The zero-order valence-corrected chi connectivity index (χ0v) is 10.4. The van der Waals surface area contributed by atoms with Crippen LogP contribution in [0.25, 0.3) is 0 Å². The van der Waals surface area contributed by atoms with Crippen molar-refractivity contribution in [3.8, 4) is 0 Å². The van der Waals surface area contributed by atoms with Gasteiger partial charge in [0.05, 0.1) is 0 Å². The van der Waals surface area contributed by atoms with E-state index in [0.29, 0.717) is 17.9 Å². The van der Waals surface area contributed by atoms with Gasteiger partial charge < -0.3 is 0 Å². The molecule has 0 aromatic heterocycles. The summed E-state index contributed by atoms with van der Waals surface area (Å²) in [5.41, 5.74) is 0.606. The number of hydrogen-bond donors (Lipinski definition) is 0. The van der Waals surface area contributed by atoms with E-state index in [4.69, 9.17) is 0 Å². The predicted octanol–water partition coefficient (Wildman–Crippen LogP) is 4.32. The number of halogens is 3. The second kappa shape index (κ2) is 6.21. The molecule has 84 valence electrons. The summed E-state index contributed by atoms with van der Waals surface area (Å²) in [6.07, 6.45) is 2.81. The van der Waals surface area contributed by atoms with Gasteiger partial charge in [-0.25, -0.2) is 8.78 Å². The van der Waals surface area contributed by atoms with E-state index in [1.54, 1.807) is 0 Å². The molecular formula is C12H15BrF2. The molecule has 1 aromatic rings. The second-order valence-electron chi connectivity index (χ2n) is 3.75. The third-order valence-electron chi connectivity index (χ3n) is 2.44. The Morgan fingerprint density at radius 2 is 2.07 bits per heavy atom.